The molecule has 0 aromatic rings. The van der Waals surface area contributed by atoms with Gasteiger partial charge in [0.2, 0.25) is 5.91 Å². The smallest absolute Gasteiger partial charge is 0.268 e. The number of aliphatic hydroxyl groups excluding tert-OH is 2. The van der Waals surface area contributed by atoms with Gasteiger partial charge in [-0.15, -0.1) is 0 Å². The molecule has 1 amide bonds. The molecule has 0 aliphatic heterocycles. The third-order valence-corrected chi connectivity index (χ3v) is 11.2. The number of nitrogens with zero attached hydrogens (tertiary/aromatic N) is 1. The number of carbonyl (C=O) groups excluding carboxylic acids is 1. The average Bonchev–Trinajstić information content (AvgIpc) is 3.21. The molecule has 0 spiro atoms. The van der Waals surface area contributed by atoms with E-state index < -0.39 is 32.7 Å². The van der Waals surface area contributed by atoms with Crippen LogP contribution in [0.1, 0.15) is 174 Å². The maximum Gasteiger partial charge on any atom is 0.268 e. The molecule has 0 aromatic carbocycles. The highest BCUT2D eigenvalue weighted by Gasteiger charge is 2.29. The third kappa shape index (κ3) is 42.7. The number of phosphoric ester groups is 1. The first-order valence-electron chi connectivity index (χ1n) is 24.0. The van der Waals surface area contributed by atoms with Crippen LogP contribution < -0.4 is 10.2 Å². The second kappa shape index (κ2) is 41.6. The Morgan fingerprint density at radius 3 is 1.59 bits per heavy atom. The van der Waals surface area contributed by atoms with Crippen LogP contribution in [0.15, 0.2) is 85.1 Å². The molecule has 4 unspecified atom stereocenters. The highest BCUT2D eigenvalue weighted by atomic mass is 31.2. The molecule has 0 aromatic heterocycles. The van der Waals surface area contributed by atoms with E-state index in [-0.39, 0.29) is 18.9 Å². The van der Waals surface area contributed by atoms with Gasteiger partial charge < -0.3 is 34.0 Å². The van der Waals surface area contributed by atoms with Crippen molar-refractivity contribution in [3.05, 3.63) is 85.1 Å². The first-order valence-corrected chi connectivity index (χ1v) is 25.4. The molecule has 0 aliphatic carbocycles. The molecule has 10 heteroatoms. The van der Waals surface area contributed by atoms with Crippen LogP contribution in [0.5, 0.6) is 0 Å². The van der Waals surface area contributed by atoms with Crippen molar-refractivity contribution in [1.82, 2.24) is 5.32 Å². The summed E-state index contributed by atoms with van der Waals surface area (Å²) in [7, 11) is 1.08. The van der Waals surface area contributed by atoms with Crippen molar-refractivity contribution in [1.29, 1.82) is 0 Å². The molecule has 0 heterocycles. The Morgan fingerprint density at radius 1 is 0.623 bits per heavy atom. The summed E-state index contributed by atoms with van der Waals surface area (Å²) >= 11 is 0. The topological polar surface area (TPSA) is 128 Å². The standard InChI is InChI=1S/C51H91N2O7P/c1-6-8-10-12-14-16-18-20-21-22-23-24-25-26-27-28-29-30-31-32-34-36-38-40-42-44-50(55)52-48(47-60-61(57,58)59-46-45-53(3,4)5)51(56)49(54)43-41-39-37-35-33-19-17-15-13-11-9-7-2/h7-10,14-17,20-21,23-24,35,37,48-49,51,54,56H,6,11-13,18-19,22,25-34,36,38-47H2,1-5H3,(H-,52,55,57,58)/b9-7+,10-8-,16-14-,17-15+,21-20-,24-23-,37-35+. The lowest BCUT2D eigenvalue weighted by atomic mass is 10.0. The van der Waals surface area contributed by atoms with E-state index in [0.717, 1.165) is 77.0 Å². The molecule has 352 valence electrons. The number of allylic oxidation sites excluding steroid dienone is 14. The highest BCUT2D eigenvalue weighted by molar-refractivity contribution is 7.45. The van der Waals surface area contributed by atoms with Crippen molar-refractivity contribution < 1.29 is 38.0 Å². The number of phosphoric acid groups is 1. The van der Waals surface area contributed by atoms with E-state index >= 15 is 0 Å². The lowest BCUT2D eigenvalue weighted by Crippen LogP contribution is -2.51. The zero-order chi connectivity index (χ0) is 45.1. The molecule has 61 heavy (non-hydrogen) atoms. The lowest BCUT2D eigenvalue weighted by Gasteiger charge is -2.31. The summed E-state index contributed by atoms with van der Waals surface area (Å²) < 4.78 is 23.1. The van der Waals surface area contributed by atoms with Gasteiger partial charge in [-0.2, -0.15) is 0 Å². The van der Waals surface area contributed by atoms with Crippen LogP contribution in [0.3, 0.4) is 0 Å². The van der Waals surface area contributed by atoms with E-state index in [1.165, 1.54) is 57.8 Å². The maximum absolute atomic E-state index is 12.9. The van der Waals surface area contributed by atoms with Crippen LogP contribution in [0.2, 0.25) is 0 Å². The van der Waals surface area contributed by atoms with Gasteiger partial charge in [-0.25, -0.2) is 0 Å². The predicted molar refractivity (Wildman–Crippen MR) is 257 cm³/mol. The first-order chi connectivity index (χ1) is 29.4. The normalized spacial score (nSPS) is 15.5. The van der Waals surface area contributed by atoms with Gasteiger partial charge in [-0.1, -0.05) is 156 Å². The molecule has 9 nitrogen and oxygen atoms in total. The second-order valence-corrected chi connectivity index (χ2v) is 18.6. The first kappa shape index (κ1) is 58.6. The van der Waals surface area contributed by atoms with E-state index in [1.54, 1.807) is 0 Å². The Hall–Kier alpha value is -2.36. The summed E-state index contributed by atoms with van der Waals surface area (Å²) in [4.78, 5) is 25.4. The van der Waals surface area contributed by atoms with Crippen molar-refractivity contribution in [2.45, 2.75) is 193 Å². The fourth-order valence-corrected chi connectivity index (χ4v) is 7.18. The number of quaternary nitrogens is 1. The molecular formula is C51H91N2O7P. The minimum atomic E-state index is -4.68. The SMILES string of the molecule is C/C=C/CC/C=C/CC/C=C/CCCC(O)C(O)C(COP(=O)([O-])OCC[N+](C)(C)C)NC(=O)CCCCCCCCCCCCCC/C=C\C/C=C\C/C=C\C/C=C\CC. The van der Waals surface area contributed by atoms with E-state index in [0.29, 0.717) is 30.3 Å². The average molecular weight is 875 g/mol. The van der Waals surface area contributed by atoms with Gasteiger partial charge in [-0.05, 0) is 96.8 Å². The molecule has 0 bridgehead atoms. The number of aliphatic hydroxyl groups is 2. The van der Waals surface area contributed by atoms with Gasteiger partial charge in [0.15, 0.2) is 0 Å². The number of carbonyl (C=O) groups is 1. The van der Waals surface area contributed by atoms with Crippen molar-refractivity contribution >= 4 is 13.7 Å². The Balaban J connectivity index is 4.37. The Labute approximate surface area is 374 Å². The van der Waals surface area contributed by atoms with E-state index in [1.807, 2.05) is 28.1 Å². The Bertz CT molecular complexity index is 1280. The summed E-state index contributed by atoms with van der Waals surface area (Å²) in [6, 6.07) is -1.10. The summed E-state index contributed by atoms with van der Waals surface area (Å²) in [6.45, 7) is 4.06. The van der Waals surface area contributed by atoms with Crippen molar-refractivity contribution in [3.8, 4) is 0 Å². The fourth-order valence-electron chi connectivity index (χ4n) is 6.46. The zero-order valence-electron chi connectivity index (χ0n) is 39.4. The van der Waals surface area contributed by atoms with Crippen molar-refractivity contribution in [3.63, 3.8) is 0 Å². The number of nitrogens with one attached hydrogen (secondary N) is 1. The van der Waals surface area contributed by atoms with Crippen LogP contribution in [0, 0.1) is 0 Å². The monoisotopic (exact) mass is 875 g/mol. The van der Waals surface area contributed by atoms with Gasteiger partial charge >= 0.3 is 0 Å². The van der Waals surface area contributed by atoms with Gasteiger partial charge in [0.05, 0.1) is 39.9 Å². The van der Waals surface area contributed by atoms with E-state index in [4.69, 9.17) is 9.05 Å². The Kier molecular flexibility index (Phi) is 40.0. The lowest BCUT2D eigenvalue weighted by molar-refractivity contribution is -0.870. The number of likely N-dealkylation sites (N-methyl/N-ethyl adjacent to an activating group) is 1. The van der Waals surface area contributed by atoms with Crippen LogP contribution in [0.4, 0.5) is 0 Å². The van der Waals surface area contributed by atoms with Gasteiger partial charge in [0, 0.05) is 6.42 Å². The van der Waals surface area contributed by atoms with Crippen molar-refractivity contribution in [2.75, 3.05) is 40.9 Å². The number of hydrogen-bond donors (Lipinski definition) is 3. The van der Waals surface area contributed by atoms with Crippen molar-refractivity contribution in [2.24, 2.45) is 0 Å². The zero-order valence-corrected chi connectivity index (χ0v) is 40.3. The molecule has 0 saturated heterocycles. The third-order valence-electron chi connectivity index (χ3n) is 10.3. The van der Waals surface area contributed by atoms with Crippen LogP contribution in [-0.4, -0.2) is 79.8 Å². The van der Waals surface area contributed by atoms with Crippen LogP contribution >= 0.6 is 7.82 Å². The maximum atomic E-state index is 12.9. The summed E-state index contributed by atoms with van der Waals surface area (Å²) in [5, 5.41) is 24.6. The molecule has 0 radical (unpaired) electrons. The highest BCUT2D eigenvalue weighted by Crippen LogP contribution is 2.38. The largest absolute Gasteiger partial charge is 0.756 e. The van der Waals surface area contributed by atoms with E-state index in [9.17, 15) is 24.5 Å². The van der Waals surface area contributed by atoms with Crippen LogP contribution in [0.25, 0.3) is 0 Å². The Morgan fingerprint density at radius 2 is 1.07 bits per heavy atom. The molecule has 3 N–H and O–H groups in total. The van der Waals surface area contributed by atoms with Gasteiger partial charge in [-0.3, -0.25) is 9.36 Å². The number of amides is 1. The molecule has 0 aliphatic rings. The minimum Gasteiger partial charge on any atom is -0.756 e. The second-order valence-electron chi connectivity index (χ2n) is 17.2. The number of unbranched alkanes of at least 4 members (excludes halogenated alkanes) is 15. The van der Waals surface area contributed by atoms with Gasteiger partial charge in [0.25, 0.3) is 7.82 Å². The quantitative estimate of drug-likeness (QED) is 0.0241. The number of hydrogen-bond acceptors (Lipinski definition) is 7. The predicted octanol–water partition coefficient (Wildman–Crippen LogP) is 12.1. The molecule has 0 saturated carbocycles. The van der Waals surface area contributed by atoms with Crippen LogP contribution in [-0.2, 0) is 18.4 Å². The molecule has 4 atom stereocenters. The van der Waals surface area contributed by atoms with Gasteiger partial charge in [0.1, 0.15) is 19.3 Å². The molecular weight excluding hydrogens is 784 g/mol. The van der Waals surface area contributed by atoms with E-state index in [2.05, 4.69) is 97.3 Å². The summed E-state index contributed by atoms with van der Waals surface area (Å²) in [6.07, 6.45) is 53.6. The molecule has 0 fully saturated rings. The fraction of sp³-hybridized carbons (Fsp3) is 0.706. The summed E-state index contributed by atoms with van der Waals surface area (Å²) in [5.74, 6) is -0.302. The summed E-state index contributed by atoms with van der Waals surface area (Å²) in [5.41, 5.74) is 0. The minimum absolute atomic E-state index is 0.0545. The number of rotatable bonds is 42. The molecule has 0 rings (SSSR count).